The predicted molar refractivity (Wildman–Crippen MR) is 100 cm³/mol. The Kier molecular flexibility index (Phi) is 7.03. The Bertz CT molecular complexity index is 682. The van der Waals surface area contributed by atoms with E-state index in [1.54, 1.807) is 12.1 Å². The number of halogens is 1. The molecule has 1 aromatic carbocycles. The molecule has 1 fully saturated rings. The average molecular weight is 381 g/mol. The molecule has 1 saturated carbocycles. The molecule has 1 aromatic rings. The van der Waals surface area contributed by atoms with Gasteiger partial charge in [0.2, 0.25) is 11.8 Å². The van der Waals surface area contributed by atoms with Gasteiger partial charge in [0.1, 0.15) is 0 Å². The van der Waals surface area contributed by atoms with Crippen molar-refractivity contribution in [3.8, 4) is 0 Å². The van der Waals surface area contributed by atoms with Crippen LogP contribution in [0.15, 0.2) is 18.2 Å². The maximum absolute atomic E-state index is 12.5. The molecule has 2 amide bonds. The van der Waals surface area contributed by atoms with Crippen LogP contribution in [0.25, 0.3) is 0 Å². The smallest absolute Gasteiger partial charge is 0.337 e. The van der Waals surface area contributed by atoms with Crippen molar-refractivity contribution in [1.82, 2.24) is 5.32 Å². The summed E-state index contributed by atoms with van der Waals surface area (Å²) in [5.74, 6) is -0.776. The zero-order valence-corrected chi connectivity index (χ0v) is 16.1. The minimum absolute atomic E-state index is 0.0345. The summed E-state index contributed by atoms with van der Waals surface area (Å²) in [7, 11) is 1.29. The Morgan fingerprint density at radius 1 is 1.08 bits per heavy atom. The van der Waals surface area contributed by atoms with E-state index in [9.17, 15) is 14.4 Å². The minimum atomic E-state index is -0.492. The van der Waals surface area contributed by atoms with Crippen molar-refractivity contribution >= 4 is 35.1 Å². The second kappa shape index (κ2) is 9.03. The molecule has 7 heteroatoms. The quantitative estimate of drug-likeness (QED) is 0.767. The average Bonchev–Trinajstić information content (AvgIpc) is 2.62. The van der Waals surface area contributed by atoms with Gasteiger partial charge in [-0.05, 0) is 57.7 Å². The number of carbonyl (C=O) groups excluding carboxylic acids is 3. The Labute approximate surface area is 158 Å². The van der Waals surface area contributed by atoms with Gasteiger partial charge in [-0.2, -0.15) is 0 Å². The topological polar surface area (TPSA) is 84.5 Å². The molecule has 0 unspecified atom stereocenters. The van der Waals surface area contributed by atoms with Gasteiger partial charge in [0.15, 0.2) is 0 Å². The molecule has 0 aromatic heterocycles. The fourth-order valence-corrected chi connectivity index (χ4v) is 3.29. The van der Waals surface area contributed by atoms with Crippen LogP contribution < -0.4 is 10.6 Å². The van der Waals surface area contributed by atoms with Gasteiger partial charge in [-0.3, -0.25) is 9.59 Å². The fourth-order valence-electron chi connectivity index (χ4n) is 3.12. The van der Waals surface area contributed by atoms with E-state index in [0.29, 0.717) is 42.0 Å². The number of hydrogen-bond acceptors (Lipinski definition) is 4. The fraction of sp³-hybridized carbons (Fsp3) is 0.526. The van der Waals surface area contributed by atoms with E-state index in [2.05, 4.69) is 15.4 Å². The van der Waals surface area contributed by atoms with E-state index < -0.39 is 5.97 Å². The molecule has 0 spiro atoms. The standard InChI is InChI=1S/C19H25ClN2O4/c1-11(2)21-17(23)12-4-6-13(7-5-12)18(24)22-16-10-14(19(25)26-3)8-9-15(16)20/h8-13H,4-7H2,1-3H3,(H,21,23)(H,22,24). The number of anilines is 1. The van der Waals surface area contributed by atoms with Crippen molar-refractivity contribution in [3.63, 3.8) is 0 Å². The molecular weight excluding hydrogens is 356 g/mol. The number of hydrogen-bond donors (Lipinski definition) is 2. The molecule has 1 aliphatic rings. The van der Waals surface area contributed by atoms with E-state index >= 15 is 0 Å². The molecule has 0 bridgehead atoms. The Balaban J connectivity index is 1.95. The van der Waals surface area contributed by atoms with E-state index in [4.69, 9.17) is 11.6 Å². The third-order valence-corrected chi connectivity index (χ3v) is 4.87. The van der Waals surface area contributed by atoms with Crippen molar-refractivity contribution in [1.29, 1.82) is 0 Å². The molecule has 0 heterocycles. The predicted octanol–water partition coefficient (Wildman–Crippen LogP) is 3.40. The normalized spacial score (nSPS) is 19.7. The second-order valence-electron chi connectivity index (χ2n) is 6.89. The van der Waals surface area contributed by atoms with E-state index in [0.717, 1.165) is 0 Å². The summed E-state index contributed by atoms with van der Waals surface area (Å²) in [6.45, 7) is 3.87. The lowest BCUT2D eigenvalue weighted by Gasteiger charge is -2.27. The summed E-state index contributed by atoms with van der Waals surface area (Å²) in [5, 5.41) is 6.08. The molecule has 0 radical (unpaired) electrons. The summed E-state index contributed by atoms with van der Waals surface area (Å²) in [4.78, 5) is 36.2. The summed E-state index contributed by atoms with van der Waals surface area (Å²) in [6.07, 6.45) is 2.67. The Hall–Kier alpha value is -2.08. The Morgan fingerprint density at radius 3 is 2.19 bits per heavy atom. The lowest BCUT2D eigenvalue weighted by molar-refractivity contribution is -0.128. The molecule has 1 aliphatic carbocycles. The molecule has 0 saturated heterocycles. The highest BCUT2D eigenvalue weighted by Crippen LogP contribution is 2.31. The van der Waals surface area contributed by atoms with Crippen LogP contribution in [0.1, 0.15) is 49.9 Å². The van der Waals surface area contributed by atoms with Crippen LogP contribution in [-0.2, 0) is 14.3 Å². The number of esters is 1. The number of carbonyl (C=O) groups is 3. The highest BCUT2D eigenvalue weighted by atomic mass is 35.5. The Morgan fingerprint density at radius 2 is 1.65 bits per heavy atom. The first kappa shape index (κ1) is 20.2. The number of ether oxygens (including phenoxy) is 1. The van der Waals surface area contributed by atoms with Crippen LogP contribution in [0.4, 0.5) is 5.69 Å². The van der Waals surface area contributed by atoms with Crippen molar-refractivity contribution in [2.45, 2.75) is 45.6 Å². The first-order chi connectivity index (χ1) is 12.3. The van der Waals surface area contributed by atoms with Crippen LogP contribution in [0.5, 0.6) is 0 Å². The van der Waals surface area contributed by atoms with Gasteiger partial charge in [-0.1, -0.05) is 11.6 Å². The highest BCUT2D eigenvalue weighted by molar-refractivity contribution is 6.33. The van der Waals surface area contributed by atoms with Crippen LogP contribution >= 0.6 is 11.6 Å². The second-order valence-corrected chi connectivity index (χ2v) is 7.29. The van der Waals surface area contributed by atoms with Gasteiger partial charge >= 0.3 is 5.97 Å². The molecule has 2 N–H and O–H groups in total. The molecule has 26 heavy (non-hydrogen) atoms. The first-order valence-corrected chi connectivity index (χ1v) is 9.18. The summed E-state index contributed by atoms with van der Waals surface area (Å²) in [6, 6.07) is 4.72. The van der Waals surface area contributed by atoms with Gasteiger partial charge in [-0.25, -0.2) is 4.79 Å². The number of benzene rings is 1. The minimum Gasteiger partial charge on any atom is -0.465 e. The zero-order chi connectivity index (χ0) is 19.3. The molecule has 6 nitrogen and oxygen atoms in total. The van der Waals surface area contributed by atoms with Gasteiger partial charge in [0.25, 0.3) is 0 Å². The summed E-state index contributed by atoms with van der Waals surface area (Å²) >= 11 is 6.12. The number of nitrogens with one attached hydrogen (secondary N) is 2. The van der Waals surface area contributed by atoms with Crippen molar-refractivity contribution < 1.29 is 19.1 Å². The number of amides is 2. The SMILES string of the molecule is COC(=O)c1ccc(Cl)c(NC(=O)C2CCC(C(=O)NC(C)C)CC2)c1. The first-order valence-electron chi connectivity index (χ1n) is 8.81. The van der Waals surface area contributed by atoms with Crippen LogP contribution in [0, 0.1) is 11.8 Å². The number of rotatable bonds is 5. The van der Waals surface area contributed by atoms with E-state index in [1.165, 1.54) is 13.2 Å². The maximum Gasteiger partial charge on any atom is 0.337 e. The zero-order valence-electron chi connectivity index (χ0n) is 15.3. The lowest BCUT2D eigenvalue weighted by Crippen LogP contribution is -2.38. The molecule has 0 atom stereocenters. The van der Waals surface area contributed by atoms with Crippen LogP contribution in [0.2, 0.25) is 5.02 Å². The van der Waals surface area contributed by atoms with Crippen molar-refractivity contribution in [2.24, 2.45) is 11.8 Å². The maximum atomic E-state index is 12.5. The third kappa shape index (κ3) is 5.21. The van der Waals surface area contributed by atoms with Crippen LogP contribution in [0.3, 0.4) is 0 Å². The summed E-state index contributed by atoms with van der Waals surface area (Å²) in [5.41, 5.74) is 0.709. The number of methoxy groups -OCH3 is 1. The molecule has 2 rings (SSSR count). The van der Waals surface area contributed by atoms with E-state index in [1.807, 2.05) is 13.8 Å². The van der Waals surface area contributed by atoms with Crippen molar-refractivity contribution in [2.75, 3.05) is 12.4 Å². The molecular formula is C19H25ClN2O4. The summed E-state index contributed by atoms with van der Waals surface area (Å²) < 4.78 is 4.68. The van der Waals surface area contributed by atoms with Gasteiger partial charge in [-0.15, -0.1) is 0 Å². The van der Waals surface area contributed by atoms with E-state index in [-0.39, 0.29) is 29.7 Å². The van der Waals surface area contributed by atoms with Gasteiger partial charge in [0.05, 0.1) is 23.4 Å². The monoisotopic (exact) mass is 380 g/mol. The van der Waals surface area contributed by atoms with Crippen LogP contribution in [-0.4, -0.2) is 30.9 Å². The van der Waals surface area contributed by atoms with Crippen molar-refractivity contribution in [3.05, 3.63) is 28.8 Å². The largest absolute Gasteiger partial charge is 0.465 e. The third-order valence-electron chi connectivity index (χ3n) is 4.55. The van der Waals surface area contributed by atoms with Gasteiger partial charge in [0, 0.05) is 17.9 Å². The highest BCUT2D eigenvalue weighted by Gasteiger charge is 2.30. The molecule has 0 aliphatic heterocycles. The van der Waals surface area contributed by atoms with Gasteiger partial charge < -0.3 is 15.4 Å². The molecule has 142 valence electrons. The lowest BCUT2D eigenvalue weighted by atomic mass is 9.81.